The smallest absolute Gasteiger partial charge is 0.251 e. The van der Waals surface area contributed by atoms with Crippen LogP contribution in [0.1, 0.15) is 67.6 Å². The summed E-state index contributed by atoms with van der Waals surface area (Å²) in [5.74, 6) is 1.66. The highest BCUT2D eigenvalue weighted by molar-refractivity contribution is 5.95. The third kappa shape index (κ3) is 5.59. The highest BCUT2D eigenvalue weighted by Gasteiger charge is 2.22. The maximum atomic E-state index is 13.0. The summed E-state index contributed by atoms with van der Waals surface area (Å²) < 4.78 is 6.27. The van der Waals surface area contributed by atoms with Crippen molar-refractivity contribution in [2.45, 2.75) is 65.3 Å². The predicted molar refractivity (Wildman–Crippen MR) is 132 cm³/mol. The first-order chi connectivity index (χ1) is 16.0. The molecule has 2 aromatic heterocycles. The summed E-state index contributed by atoms with van der Waals surface area (Å²) in [7, 11) is 0. The minimum atomic E-state index is -0.0547. The maximum Gasteiger partial charge on any atom is 0.251 e. The SMILES string of the molecule is CCc1cc(-c2cccnc2Oc2cc(C(=O)N[C@@H](C)C3CCCCC3)ccc2C)ccn1. The molecule has 4 rings (SSSR count). The van der Waals surface area contributed by atoms with Crippen molar-refractivity contribution in [1.82, 2.24) is 15.3 Å². The van der Waals surface area contributed by atoms with Crippen molar-refractivity contribution in [3.8, 4) is 22.8 Å². The quantitative estimate of drug-likeness (QED) is 0.452. The molecular formula is C28H33N3O2. The standard InChI is InChI=1S/C28H33N3O2/c1-4-24-17-22(14-16-29-24)25-11-8-15-30-28(25)33-26-18-23(13-12-19(26)2)27(32)31-20(3)21-9-6-5-7-10-21/h8,11-18,20-21H,4-7,9-10H2,1-3H3,(H,31,32)/t20-/m0/s1. The van der Waals surface area contributed by atoms with Crippen molar-refractivity contribution >= 4 is 5.91 Å². The monoisotopic (exact) mass is 443 g/mol. The molecule has 5 nitrogen and oxygen atoms in total. The van der Waals surface area contributed by atoms with Gasteiger partial charge in [0.2, 0.25) is 5.88 Å². The van der Waals surface area contributed by atoms with Gasteiger partial charge in [-0.2, -0.15) is 0 Å². The van der Waals surface area contributed by atoms with Crippen LogP contribution in [0.5, 0.6) is 11.6 Å². The van der Waals surface area contributed by atoms with Gasteiger partial charge in [0, 0.05) is 35.3 Å². The second-order valence-corrected chi connectivity index (χ2v) is 8.99. The van der Waals surface area contributed by atoms with E-state index in [1.165, 1.54) is 32.1 Å². The molecule has 5 heteroatoms. The van der Waals surface area contributed by atoms with Gasteiger partial charge in [-0.1, -0.05) is 32.3 Å². The zero-order valence-corrected chi connectivity index (χ0v) is 19.8. The molecule has 0 bridgehead atoms. The molecule has 1 atom stereocenters. The second-order valence-electron chi connectivity index (χ2n) is 8.99. The Morgan fingerprint density at radius 3 is 2.70 bits per heavy atom. The maximum absolute atomic E-state index is 13.0. The third-order valence-corrected chi connectivity index (χ3v) is 6.63. The first-order valence-corrected chi connectivity index (χ1v) is 12.0. The number of carbonyl (C=O) groups excluding carboxylic acids is 1. The van der Waals surface area contributed by atoms with Crippen LogP contribution in [0.2, 0.25) is 0 Å². The van der Waals surface area contributed by atoms with Crippen LogP contribution < -0.4 is 10.1 Å². The molecule has 0 spiro atoms. The number of hydrogen-bond acceptors (Lipinski definition) is 4. The number of hydrogen-bond donors (Lipinski definition) is 1. The lowest BCUT2D eigenvalue weighted by Crippen LogP contribution is -2.38. The van der Waals surface area contributed by atoms with E-state index in [2.05, 4.69) is 35.2 Å². The number of amides is 1. The van der Waals surface area contributed by atoms with Gasteiger partial charge in [-0.05, 0) is 86.6 Å². The number of pyridine rings is 2. The molecule has 0 unspecified atom stereocenters. The van der Waals surface area contributed by atoms with Crippen LogP contribution in [0.25, 0.3) is 11.1 Å². The Labute approximate surface area is 196 Å². The molecule has 0 radical (unpaired) electrons. The number of aromatic nitrogens is 2. The van der Waals surface area contributed by atoms with Crippen LogP contribution in [-0.2, 0) is 6.42 Å². The summed E-state index contributed by atoms with van der Waals surface area (Å²) in [6.45, 7) is 6.19. The molecule has 172 valence electrons. The van der Waals surface area contributed by atoms with Gasteiger partial charge in [-0.25, -0.2) is 4.98 Å². The number of ether oxygens (including phenoxy) is 1. The van der Waals surface area contributed by atoms with Gasteiger partial charge in [0.15, 0.2) is 0 Å². The number of nitrogens with one attached hydrogen (secondary N) is 1. The van der Waals surface area contributed by atoms with E-state index in [1.807, 2.05) is 49.5 Å². The first-order valence-electron chi connectivity index (χ1n) is 12.0. The molecule has 1 aromatic carbocycles. The third-order valence-electron chi connectivity index (χ3n) is 6.63. The molecule has 0 saturated heterocycles. The Bertz CT molecular complexity index is 1110. The number of aryl methyl sites for hydroxylation is 2. The van der Waals surface area contributed by atoms with Gasteiger partial charge in [0.1, 0.15) is 5.75 Å². The number of nitrogens with zero attached hydrogens (tertiary/aromatic N) is 2. The molecule has 3 aromatic rings. The lowest BCUT2D eigenvalue weighted by molar-refractivity contribution is 0.0919. The van der Waals surface area contributed by atoms with E-state index >= 15 is 0 Å². The summed E-state index contributed by atoms with van der Waals surface area (Å²) in [6, 6.07) is 13.7. The minimum Gasteiger partial charge on any atom is -0.438 e. The first kappa shape index (κ1) is 23.0. The lowest BCUT2D eigenvalue weighted by Gasteiger charge is -2.28. The van der Waals surface area contributed by atoms with Gasteiger partial charge in [0.05, 0.1) is 0 Å². The molecule has 1 aliphatic carbocycles. The van der Waals surface area contributed by atoms with Crippen molar-refractivity contribution in [3.63, 3.8) is 0 Å². The van der Waals surface area contributed by atoms with E-state index in [1.54, 1.807) is 6.20 Å². The average molecular weight is 444 g/mol. The van der Waals surface area contributed by atoms with Crippen molar-refractivity contribution in [3.05, 3.63) is 71.7 Å². The zero-order chi connectivity index (χ0) is 23.2. The van der Waals surface area contributed by atoms with Crippen LogP contribution in [0.3, 0.4) is 0 Å². The molecule has 33 heavy (non-hydrogen) atoms. The van der Waals surface area contributed by atoms with E-state index in [4.69, 9.17) is 4.74 Å². The van der Waals surface area contributed by atoms with Gasteiger partial charge in [0.25, 0.3) is 5.91 Å². The number of rotatable bonds is 7. The van der Waals surface area contributed by atoms with Gasteiger partial charge in [-0.15, -0.1) is 0 Å². The molecule has 2 heterocycles. The Balaban J connectivity index is 1.55. The van der Waals surface area contributed by atoms with Crippen molar-refractivity contribution in [2.75, 3.05) is 0 Å². The van der Waals surface area contributed by atoms with Crippen LogP contribution in [0.4, 0.5) is 0 Å². The lowest BCUT2D eigenvalue weighted by atomic mass is 9.84. The van der Waals surface area contributed by atoms with Crippen LogP contribution in [0, 0.1) is 12.8 Å². The van der Waals surface area contributed by atoms with Crippen molar-refractivity contribution in [2.24, 2.45) is 5.92 Å². The molecular weight excluding hydrogens is 410 g/mol. The van der Waals surface area contributed by atoms with Crippen LogP contribution in [0.15, 0.2) is 54.9 Å². The van der Waals surface area contributed by atoms with Gasteiger partial charge >= 0.3 is 0 Å². The second kappa shape index (κ2) is 10.6. The van der Waals surface area contributed by atoms with Gasteiger partial charge in [-0.3, -0.25) is 9.78 Å². The summed E-state index contributed by atoms with van der Waals surface area (Å²) in [5, 5.41) is 3.21. The Hall–Kier alpha value is -3.21. The predicted octanol–water partition coefficient (Wildman–Crippen LogP) is 6.51. The topological polar surface area (TPSA) is 64.1 Å². The number of carbonyl (C=O) groups is 1. The summed E-state index contributed by atoms with van der Waals surface area (Å²) in [5.41, 5.74) is 4.48. The summed E-state index contributed by atoms with van der Waals surface area (Å²) in [6.07, 6.45) is 10.6. The van der Waals surface area contributed by atoms with E-state index in [0.717, 1.165) is 28.8 Å². The van der Waals surface area contributed by atoms with Crippen molar-refractivity contribution < 1.29 is 9.53 Å². The Morgan fingerprint density at radius 1 is 1.09 bits per heavy atom. The van der Waals surface area contributed by atoms with E-state index in [0.29, 0.717) is 23.1 Å². The molecule has 1 saturated carbocycles. The fourth-order valence-electron chi connectivity index (χ4n) is 4.53. The van der Waals surface area contributed by atoms with E-state index < -0.39 is 0 Å². The van der Waals surface area contributed by atoms with Crippen molar-refractivity contribution in [1.29, 1.82) is 0 Å². The fraction of sp³-hybridized carbons (Fsp3) is 0.393. The summed E-state index contributed by atoms with van der Waals surface area (Å²) in [4.78, 5) is 21.9. The Kier molecular flexibility index (Phi) is 7.38. The van der Waals surface area contributed by atoms with E-state index in [9.17, 15) is 4.79 Å². The highest BCUT2D eigenvalue weighted by Crippen LogP contribution is 2.33. The fourth-order valence-corrected chi connectivity index (χ4v) is 4.53. The van der Waals surface area contributed by atoms with Crippen LogP contribution in [-0.4, -0.2) is 21.9 Å². The molecule has 1 fully saturated rings. The normalized spacial score (nSPS) is 15.1. The zero-order valence-electron chi connectivity index (χ0n) is 19.8. The number of benzene rings is 1. The van der Waals surface area contributed by atoms with Gasteiger partial charge < -0.3 is 10.1 Å². The van der Waals surface area contributed by atoms with Crippen LogP contribution >= 0.6 is 0 Å². The molecule has 1 amide bonds. The minimum absolute atomic E-state index is 0.0547. The molecule has 1 N–H and O–H groups in total. The molecule has 1 aliphatic rings. The molecule has 0 aliphatic heterocycles. The Morgan fingerprint density at radius 2 is 1.91 bits per heavy atom. The highest BCUT2D eigenvalue weighted by atomic mass is 16.5. The average Bonchev–Trinajstić information content (AvgIpc) is 2.86. The summed E-state index contributed by atoms with van der Waals surface area (Å²) >= 11 is 0. The van der Waals surface area contributed by atoms with E-state index in [-0.39, 0.29) is 11.9 Å². The largest absolute Gasteiger partial charge is 0.438 e.